The van der Waals surface area contributed by atoms with Crippen molar-refractivity contribution in [3.63, 3.8) is 0 Å². The Morgan fingerprint density at radius 3 is 2.67 bits per heavy atom. The van der Waals surface area contributed by atoms with E-state index in [2.05, 4.69) is 21.2 Å². The molecular formula is C14H10BrFN2O3. The molecule has 2 aromatic rings. The van der Waals surface area contributed by atoms with Crippen molar-refractivity contribution < 1.29 is 14.1 Å². The van der Waals surface area contributed by atoms with Crippen molar-refractivity contribution in [3.05, 3.63) is 74.0 Å². The van der Waals surface area contributed by atoms with Crippen LogP contribution in [-0.2, 0) is 6.54 Å². The SMILES string of the molecule is O=C(NCc1ccccc1F)c1cc([N+](=O)[O-])ccc1Br. The van der Waals surface area contributed by atoms with E-state index in [1.165, 1.54) is 24.3 Å². The average molecular weight is 353 g/mol. The maximum absolute atomic E-state index is 13.4. The fraction of sp³-hybridized carbons (Fsp3) is 0.0714. The Kier molecular flexibility index (Phi) is 4.64. The number of non-ortho nitro benzene ring substituents is 1. The third-order valence-corrected chi connectivity index (χ3v) is 3.49. The van der Waals surface area contributed by atoms with Gasteiger partial charge >= 0.3 is 0 Å². The van der Waals surface area contributed by atoms with E-state index >= 15 is 0 Å². The van der Waals surface area contributed by atoms with E-state index in [-0.39, 0.29) is 17.8 Å². The summed E-state index contributed by atoms with van der Waals surface area (Å²) < 4.78 is 13.9. The molecule has 1 N–H and O–H groups in total. The largest absolute Gasteiger partial charge is 0.348 e. The fourth-order valence-electron chi connectivity index (χ4n) is 1.71. The van der Waals surface area contributed by atoms with E-state index in [0.29, 0.717) is 10.0 Å². The van der Waals surface area contributed by atoms with Gasteiger partial charge in [0.25, 0.3) is 11.6 Å². The van der Waals surface area contributed by atoms with Crippen LogP contribution in [0.2, 0.25) is 0 Å². The van der Waals surface area contributed by atoms with Crippen molar-refractivity contribution in [1.29, 1.82) is 0 Å². The van der Waals surface area contributed by atoms with Crippen LogP contribution in [0.15, 0.2) is 46.9 Å². The minimum atomic E-state index is -0.583. The number of nitro benzene ring substituents is 1. The van der Waals surface area contributed by atoms with Crippen LogP contribution in [0.5, 0.6) is 0 Å². The molecular weight excluding hydrogens is 343 g/mol. The molecule has 108 valence electrons. The number of halogens is 2. The van der Waals surface area contributed by atoms with Gasteiger partial charge in [-0.1, -0.05) is 18.2 Å². The zero-order chi connectivity index (χ0) is 15.4. The fourth-order valence-corrected chi connectivity index (χ4v) is 2.14. The summed E-state index contributed by atoms with van der Waals surface area (Å²) in [6.45, 7) is 0.000634. The predicted octanol–water partition coefficient (Wildman–Crippen LogP) is 3.43. The first-order valence-electron chi connectivity index (χ1n) is 5.94. The molecule has 5 nitrogen and oxygen atoms in total. The number of rotatable bonds is 4. The van der Waals surface area contributed by atoms with E-state index in [4.69, 9.17) is 0 Å². The first kappa shape index (κ1) is 15.1. The molecule has 0 radical (unpaired) electrons. The standard InChI is InChI=1S/C14H10BrFN2O3/c15-12-6-5-10(18(20)21)7-11(12)14(19)17-8-9-3-1-2-4-13(9)16/h1-7H,8H2,(H,17,19). The van der Waals surface area contributed by atoms with Crippen LogP contribution < -0.4 is 5.32 Å². The maximum atomic E-state index is 13.4. The molecule has 1 amide bonds. The quantitative estimate of drug-likeness (QED) is 0.676. The van der Waals surface area contributed by atoms with E-state index < -0.39 is 16.6 Å². The highest BCUT2D eigenvalue weighted by atomic mass is 79.9. The molecule has 0 saturated heterocycles. The first-order valence-corrected chi connectivity index (χ1v) is 6.74. The van der Waals surface area contributed by atoms with Crippen molar-refractivity contribution in [2.24, 2.45) is 0 Å². The number of carbonyl (C=O) groups excluding carboxylic acids is 1. The highest BCUT2D eigenvalue weighted by molar-refractivity contribution is 9.10. The molecule has 7 heteroatoms. The summed E-state index contributed by atoms with van der Waals surface area (Å²) in [4.78, 5) is 22.2. The Balaban J connectivity index is 2.15. The maximum Gasteiger partial charge on any atom is 0.270 e. The van der Waals surface area contributed by atoms with Crippen LogP contribution in [0.1, 0.15) is 15.9 Å². The Morgan fingerprint density at radius 1 is 1.29 bits per heavy atom. The molecule has 2 aromatic carbocycles. The van der Waals surface area contributed by atoms with E-state index in [1.807, 2.05) is 0 Å². The van der Waals surface area contributed by atoms with E-state index in [9.17, 15) is 19.3 Å². The zero-order valence-electron chi connectivity index (χ0n) is 10.7. The number of nitrogens with one attached hydrogen (secondary N) is 1. The number of carbonyl (C=O) groups is 1. The van der Waals surface area contributed by atoms with Gasteiger partial charge in [0.15, 0.2) is 0 Å². The van der Waals surface area contributed by atoms with Gasteiger partial charge in [-0.2, -0.15) is 0 Å². The monoisotopic (exact) mass is 352 g/mol. The van der Waals surface area contributed by atoms with Crippen LogP contribution in [0.25, 0.3) is 0 Å². The van der Waals surface area contributed by atoms with E-state index in [0.717, 1.165) is 0 Å². The van der Waals surface area contributed by atoms with Crippen molar-refractivity contribution >= 4 is 27.5 Å². The summed E-state index contributed by atoms with van der Waals surface area (Å²) in [5, 5.41) is 13.3. The molecule has 0 fully saturated rings. The molecule has 0 unspecified atom stereocenters. The lowest BCUT2D eigenvalue weighted by molar-refractivity contribution is -0.384. The molecule has 21 heavy (non-hydrogen) atoms. The van der Waals surface area contributed by atoms with Crippen LogP contribution in [0, 0.1) is 15.9 Å². The number of amides is 1. The number of nitro groups is 1. The summed E-state index contributed by atoms with van der Waals surface area (Å²) >= 11 is 3.16. The highest BCUT2D eigenvalue weighted by Crippen LogP contribution is 2.22. The van der Waals surface area contributed by atoms with Crippen LogP contribution >= 0.6 is 15.9 Å². The van der Waals surface area contributed by atoms with Crippen LogP contribution in [-0.4, -0.2) is 10.8 Å². The lowest BCUT2D eigenvalue weighted by Gasteiger charge is -2.07. The lowest BCUT2D eigenvalue weighted by Crippen LogP contribution is -2.23. The first-order chi connectivity index (χ1) is 9.99. The second-order valence-electron chi connectivity index (χ2n) is 4.20. The summed E-state index contributed by atoms with van der Waals surface area (Å²) in [6.07, 6.45) is 0. The number of nitrogens with zero attached hydrogens (tertiary/aromatic N) is 1. The van der Waals surface area contributed by atoms with Gasteiger partial charge in [-0.25, -0.2) is 4.39 Å². The van der Waals surface area contributed by atoms with Gasteiger partial charge in [0.2, 0.25) is 0 Å². The minimum Gasteiger partial charge on any atom is -0.348 e. The molecule has 2 rings (SSSR count). The zero-order valence-corrected chi connectivity index (χ0v) is 12.3. The molecule has 0 bridgehead atoms. The number of hydrogen-bond acceptors (Lipinski definition) is 3. The summed E-state index contributed by atoms with van der Waals surface area (Å²) in [6, 6.07) is 9.95. The Hall–Kier alpha value is -2.28. The number of benzene rings is 2. The topological polar surface area (TPSA) is 72.2 Å². The second kappa shape index (κ2) is 6.45. The molecule has 0 heterocycles. The Morgan fingerprint density at radius 2 is 2.00 bits per heavy atom. The van der Waals surface area contributed by atoms with Gasteiger partial charge in [-0.05, 0) is 28.1 Å². The van der Waals surface area contributed by atoms with Gasteiger partial charge in [-0.15, -0.1) is 0 Å². The molecule has 0 spiro atoms. The smallest absolute Gasteiger partial charge is 0.270 e. The molecule has 0 saturated carbocycles. The van der Waals surface area contributed by atoms with Crippen LogP contribution in [0.4, 0.5) is 10.1 Å². The molecule has 0 aromatic heterocycles. The van der Waals surface area contributed by atoms with Crippen molar-refractivity contribution in [3.8, 4) is 0 Å². The van der Waals surface area contributed by atoms with Gasteiger partial charge in [-0.3, -0.25) is 14.9 Å². The van der Waals surface area contributed by atoms with Crippen molar-refractivity contribution in [1.82, 2.24) is 5.32 Å². The van der Waals surface area contributed by atoms with Crippen molar-refractivity contribution in [2.45, 2.75) is 6.54 Å². The predicted molar refractivity (Wildman–Crippen MR) is 78.4 cm³/mol. The summed E-state index contributed by atoms with van der Waals surface area (Å²) in [7, 11) is 0. The molecule has 0 aliphatic heterocycles. The van der Waals surface area contributed by atoms with Gasteiger partial charge in [0.1, 0.15) is 5.82 Å². The van der Waals surface area contributed by atoms with Crippen LogP contribution in [0.3, 0.4) is 0 Å². The van der Waals surface area contributed by atoms with Gasteiger partial charge in [0, 0.05) is 28.7 Å². The molecule has 0 aliphatic rings. The normalized spacial score (nSPS) is 10.2. The third-order valence-electron chi connectivity index (χ3n) is 2.80. The Labute approximate surface area is 128 Å². The summed E-state index contributed by atoms with van der Waals surface area (Å²) in [5.74, 6) is -0.940. The molecule has 0 aliphatic carbocycles. The van der Waals surface area contributed by atoms with Crippen molar-refractivity contribution in [2.75, 3.05) is 0 Å². The summed E-state index contributed by atoms with van der Waals surface area (Å²) in [5.41, 5.74) is 0.280. The van der Waals surface area contributed by atoms with Gasteiger partial charge < -0.3 is 5.32 Å². The highest BCUT2D eigenvalue weighted by Gasteiger charge is 2.15. The molecule has 0 atom stereocenters. The van der Waals surface area contributed by atoms with E-state index in [1.54, 1.807) is 18.2 Å². The second-order valence-corrected chi connectivity index (χ2v) is 5.05. The number of hydrogen-bond donors (Lipinski definition) is 1. The van der Waals surface area contributed by atoms with Gasteiger partial charge in [0.05, 0.1) is 10.5 Å². The third kappa shape index (κ3) is 3.63. The lowest BCUT2D eigenvalue weighted by atomic mass is 10.1. The average Bonchev–Trinajstić information content (AvgIpc) is 2.46. The Bertz CT molecular complexity index is 706. The minimum absolute atomic E-state index is 0.000634.